The molecular formula is C17H11Cl2N3O. The van der Waals surface area contributed by atoms with E-state index in [2.05, 4.69) is 4.98 Å². The highest BCUT2D eigenvalue weighted by Gasteiger charge is 2.11. The van der Waals surface area contributed by atoms with Gasteiger partial charge in [-0.2, -0.15) is 0 Å². The molecule has 0 saturated heterocycles. The van der Waals surface area contributed by atoms with E-state index >= 15 is 0 Å². The lowest BCUT2D eigenvalue weighted by molar-refractivity contribution is 0.892. The maximum Gasteiger partial charge on any atom is 0.338 e. The predicted octanol–water partition coefficient (Wildman–Crippen LogP) is 4.25. The van der Waals surface area contributed by atoms with Gasteiger partial charge in [-0.05, 0) is 48.9 Å². The molecule has 0 radical (unpaired) electrons. The zero-order valence-corrected chi connectivity index (χ0v) is 13.6. The zero-order chi connectivity index (χ0) is 16.1. The van der Waals surface area contributed by atoms with Crippen LogP contribution in [-0.4, -0.2) is 14.0 Å². The summed E-state index contributed by atoms with van der Waals surface area (Å²) in [5.74, 6) is 0. The van der Waals surface area contributed by atoms with E-state index in [4.69, 9.17) is 23.2 Å². The van der Waals surface area contributed by atoms with Crippen molar-refractivity contribution in [2.75, 3.05) is 0 Å². The number of aryl methyl sites for hydroxylation is 1. The first-order valence-corrected chi connectivity index (χ1v) is 7.76. The lowest BCUT2D eigenvalue weighted by atomic mass is 10.2. The Labute approximate surface area is 141 Å². The lowest BCUT2D eigenvalue weighted by Crippen LogP contribution is -2.24. The van der Waals surface area contributed by atoms with Gasteiger partial charge in [-0.1, -0.05) is 29.3 Å². The van der Waals surface area contributed by atoms with Crippen LogP contribution in [0.3, 0.4) is 0 Å². The number of nitrogens with zero attached hydrogens (tertiary/aromatic N) is 3. The molecule has 0 saturated carbocycles. The topological polar surface area (TPSA) is 39.3 Å². The first kappa shape index (κ1) is 14.3. The van der Waals surface area contributed by atoms with Crippen molar-refractivity contribution in [3.63, 3.8) is 0 Å². The summed E-state index contributed by atoms with van der Waals surface area (Å²) in [5, 5.41) is 0.857. The standard InChI is InChI=1S/C17H11Cl2N3O/c1-10-2-5-15-14(8-10)20-16-6-7-21(17(23)22(15)16)11-3-4-12(18)13(19)9-11/h2-9H,1H3. The van der Waals surface area contributed by atoms with E-state index in [1.807, 2.05) is 25.1 Å². The van der Waals surface area contributed by atoms with E-state index in [1.54, 1.807) is 34.9 Å². The summed E-state index contributed by atoms with van der Waals surface area (Å²) in [5.41, 5.74) is 3.75. The zero-order valence-electron chi connectivity index (χ0n) is 12.1. The molecule has 4 nitrogen and oxygen atoms in total. The Morgan fingerprint density at radius 3 is 2.61 bits per heavy atom. The molecule has 0 bridgehead atoms. The summed E-state index contributed by atoms with van der Waals surface area (Å²) in [6.07, 6.45) is 1.69. The molecule has 0 aliphatic rings. The minimum atomic E-state index is -0.202. The fourth-order valence-electron chi connectivity index (χ4n) is 2.67. The summed E-state index contributed by atoms with van der Waals surface area (Å²) in [4.78, 5) is 17.4. The number of imidazole rings is 1. The van der Waals surface area contributed by atoms with E-state index in [0.29, 0.717) is 21.4 Å². The fraction of sp³-hybridized carbons (Fsp3) is 0.0588. The van der Waals surface area contributed by atoms with Crippen molar-refractivity contribution in [2.24, 2.45) is 0 Å². The number of benzene rings is 2. The van der Waals surface area contributed by atoms with E-state index in [0.717, 1.165) is 16.6 Å². The van der Waals surface area contributed by atoms with Crippen LogP contribution in [0.25, 0.3) is 22.4 Å². The van der Waals surface area contributed by atoms with Crippen molar-refractivity contribution in [1.29, 1.82) is 0 Å². The maximum atomic E-state index is 12.9. The van der Waals surface area contributed by atoms with Gasteiger partial charge in [-0.15, -0.1) is 0 Å². The highest BCUT2D eigenvalue weighted by molar-refractivity contribution is 6.42. The second kappa shape index (κ2) is 5.11. The monoisotopic (exact) mass is 343 g/mol. The minimum absolute atomic E-state index is 0.202. The Bertz CT molecular complexity index is 1130. The van der Waals surface area contributed by atoms with Gasteiger partial charge in [0.2, 0.25) is 0 Å². The second-order valence-corrected chi connectivity index (χ2v) is 6.18. The number of aromatic nitrogens is 3. The van der Waals surface area contributed by atoms with Gasteiger partial charge in [0, 0.05) is 6.20 Å². The van der Waals surface area contributed by atoms with Crippen LogP contribution in [0.4, 0.5) is 0 Å². The average Bonchev–Trinajstić information content (AvgIpc) is 2.88. The Kier molecular flexibility index (Phi) is 3.18. The molecule has 6 heteroatoms. The molecule has 0 N–H and O–H groups in total. The Morgan fingerprint density at radius 2 is 1.83 bits per heavy atom. The lowest BCUT2D eigenvalue weighted by Gasteiger charge is -2.07. The van der Waals surface area contributed by atoms with Crippen LogP contribution in [0.5, 0.6) is 0 Å². The van der Waals surface area contributed by atoms with Crippen LogP contribution < -0.4 is 5.69 Å². The number of hydrogen-bond donors (Lipinski definition) is 0. The normalized spacial score (nSPS) is 11.4. The molecule has 0 fully saturated rings. The molecule has 2 heterocycles. The highest BCUT2D eigenvalue weighted by atomic mass is 35.5. The molecule has 0 aliphatic carbocycles. The second-order valence-electron chi connectivity index (χ2n) is 5.36. The average molecular weight is 344 g/mol. The largest absolute Gasteiger partial charge is 0.338 e. The molecule has 0 unspecified atom stereocenters. The highest BCUT2D eigenvalue weighted by Crippen LogP contribution is 2.24. The molecule has 4 aromatic rings. The Balaban J connectivity index is 2.05. The summed E-state index contributed by atoms with van der Waals surface area (Å²) in [7, 11) is 0. The van der Waals surface area contributed by atoms with Gasteiger partial charge in [0.1, 0.15) is 5.65 Å². The minimum Gasteiger partial charge on any atom is -0.269 e. The first-order valence-electron chi connectivity index (χ1n) is 7.00. The van der Waals surface area contributed by atoms with Gasteiger partial charge in [-0.25, -0.2) is 14.2 Å². The van der Waals surface area contributed by atoms with Gasteiger partial charge in [0.15, 0.2) is 0 Å². The fourth-order valence-corrected chi connectivity index (χ4v) is 2.96. The van der Waals surface area contributed by atoms with E-state index in [1.165, 1.54) is 4.57 Å². The Hall–Kier alpha value is -2.30. The molecule has 0 amide bonds. The van der Waals surface area contributed by atoms with Crippen molar-refractivity contribution in [1.82, 2.24) is 14.0 Å². The summed E-state index contributed by atoms with van der Waals surface area (Å²) >= 11 is 12.0. The van der Waals surface area contributed by atoms with Crippen molar-refractivity contribution < 1.29 is 0 Å². The van der Waals surface area contributed by atoms with E-state index in [9.17, 15) is 4.79 Å². The van der Waals surface area contributed by atoms with Gasteiger partial charge in [0.25, 0.3) is 0 Å². The third kappa shape index (κ3) is 2.22. The van der Waals surface area contributed by atoms with Crippen LogP contribution in [0.1, 0.15) is 5.56 Å². The first-order chi connectivity index (χ1) is 11.0. The molecule has 2 aromatic heterocycles. The van der Waals surface area contributed by atoms with Gasteiger partial charge < -0.3 is 0 Å². The smallest absolute Gasteiger partial charge is 0.269 e. The van der Waals surface area contributed by atoms with Gasteiger partial charge in [0.05, 0.1) is 26.8 Å². The number of halogens is 2. The molecule has 23 heavy (non-hydrogen) atoms. The van der Waals surface area contributed by atoms with Crippen molar-refractivity contribution in [3.8, 4) is 5.69 Å². The Morgan fingerprint density at radius 1 is 1.00 bits per heavy atom. The molecular weight excluding hydrogens is 333 g/mol. The van der Waals surface area contributed by atoms with Gasteiger partial charge >= 0.3 is 5.69 Å². The maximum absolute atomic E-state index is 12.9. The number of hydrogen-bond acceptors (Lipinski definition) is 2. The van der Waals surface area contributed by atoms with Crippen molar-refractivity contribution >= 4 is 39.9 Å². The summed E-state index contributed by atoms with van der Waals surface area (Å²) in [6, 6.07) is 12.7. The molecule has 0 spiro atoms. The van der Waals surface area contributed by atoms with Gasteiger partial charge in [-0.3, -0.25) is 4.57 Å². The third-order valence-corrected chi connectivity index (χ3v) is 4.53. The van der Waals surface area contributed by atoms with Crippen molar-refractivity contribution in [3.05, 3.63) is 74.8 Å². The van der Waals surface area contributed by atoms with Crippen LogP contribution in [-0.2, 0) is 0 Å². The molecule has 0 aliphatic heterocycles. The van der Waals surface area contributed by atoms with Crippen LogP contribution >= 0.6 is 23.2 Å². The molecule has 0 atom stereocenters. The SMILES string of the molecule is Cc1ccc2c(c1)nc1ccn(-c3ccc(Cl)c(Cl)c3)c(=O)n12. The predicted molar refractivity (Wildman–Crippen MR) is 93.1 cm³/mol. The molecule has 4 rings (SSSR count). The van der Waals surface area contributed by atoms with E-state index in [-0.39, 0.29) is 5.69 Å². The number of rotatable bonds is 1. The van der Waals surface area contributed by atoms with E-state index < -0.39 is 0 Å². The van der Waals surface area contributed by atoms with Crippen LogP contribution in [0, 0.1) is 6.92 Å². The third-order valence-electron chi connectivity index (χ3n) is 3.79. The van der Waals surface area contributed by atoms with Crippen LogP contribution in [0.2, 0.25) is 10.0 Å². The summed E-state index contributed by atoms with van der Waals surface area (Å²) < 4.78 is 3.12. The number of fused-ring (bicyclic) bond motifs is 3. The molecule has 2 aromatic carbocycles. The van der Waals surface area contributed by atoms with Crippen LogP contribution in [0.15, 0.2) is 53.5 Å². The summed E-state index contributed by atoms with van der Waals surface area (Å²) in [6.45, 7) is 2.00. The van der Waals surface area contributed by atoms with Crippen molar-refractivity contribution in [2.45, 2.75) is 6.92 Å². The molecule has 114 valence electrons. The quantitative estimate of drug-likeness (QED) is 0.518.